The summed E-state index contributed by atoms with van der Waals surface area (Å²) in [5.74, 6) is 0.901. The van der Waals surface area contributed by atoms with Crippen molar-refractivity contribution >= 4 is 19.0 Å². The Hall–Kier alpha value is -2.02. The van der Waals surface area contributed by atoms with E-state index in [0.29, 0.717) is 31.6 Å². The summed E-state index contributed by atoms with van der Waals surface area (Å²) in [6.45, 7) is 9.61. The average Bonchev–Trinajstić information content (AvgIpc) is 3.01. The van der Waals surface area contributed by atoms with Crippen LogP contribution in [0.2, 0.25) is 0 Å². The maximum absolute atomic E-state index is 12.2. The minimum Gasteiger partial charge on any atom is -0.494 e. The Balaban J connectivity index is 0.000000308. The van der Waals surface area contributed by atoms with Crippen molar-refractivity contribution in [3.05, 3.63) is 36.2 Å². The Kier molecular flexibility index (Phi) is 11.4. The van der Waals surface area contributed by atoms with E-state index in [1.165, 1.54) is 0 Å². The zero-order valence-corrected chi connectivity index (χ0v) is 18.9. The van der Waals surface area contributed by atoms with E-state index < -0.39 is 7.60 Å². The third kappa shape index (κ3) is 9.35. The summed E-state index contributed by atoms with van der Waals surface area (Å²) in [5.41, 5.74) is 13.5. The zero-order valence-electron chi connectivity index (χ0n) is 18.0. The summed E-state index contributed by atoms with van der Waals surface area (Å²) >= 11 is 0. The van der Waals surface area contributed by atoms with Crippen molar-refractivity contribution in [3.63, 3.8) is 0 Å². The van der Waals surface area contributed by atoms with Crippen LogP contribution in [0.5, 0.6) is 5.75 Å². The minimum absolute atomic E-state index is 0.302. The maximum Gasteiger partial charge on any atom is 0.332 e. The van der Waals surface area contributed by atoms with Crippen molar-refractivity contribution in [2.24, 2.45) is 0 Å². The first-order valence-electron chi connectivity index (χ1n) is 9.99. The number of unbranched alkanes of at least 4 members (excludes halogenated alkanes) is 1. The third-order valence-electron chi connectivity index (χ3n) is 4.03. The van der Waals surface area contributed by atoms with Crippen LogP contribution in [-0.2, 0) is 20.2 Å². The second kappa shape index (κ2) is 13.2. The molecule has 9 heteroatoms. The predicted molar refractivity (Wildman–Crippen MR) is 118 cm³/mol. The number of hydrogen-bond acceptors (Lipinski definition) is 7. The quantitative estimate of drug-likeness (QED) is 0.309. The van der Waals surface area contributed by atoms with Gasteiger partial charge in [0.2, 0.25) is 0 Å². The number of ether oxygens (including phenoxy) is 1. The molecule has 0 aliphatic carbocycles. The molecular formula is C20H35N4O4P. The fourth-order valence-electron chi connectivity index (χ4n) is 2.36. The predicted octanol–water partition coefficient (Wildman–Crippen LogP) is 4.49. The number of benzene rings is 1. The topological polar surface area (TPSA) is 115 Å². The molecule has 164 valence electrons. The molecule has 8 nitrogen and oxygen atoms in total. The lowest BCUT2D eigenvalue weighted by Gasteiger charge is -2.17. The largest absolute Gasteiger partial charge is 0.494 e. The van der Waals surface area contributed by atoms with Crippen molar-refractivity contribution in [3.8, 4) is 5.75 Å². The van der Waals surface area contributed by atoms with Crippen molar-refractivity contribution in [1.29, 1.82) is 0 Å². The lowest BCUT2D eigenvalue weighted by Crippen LogP contribution is -2.10. The Morgan fingerprint density at radius 3 is 2.17 bits per heavy atom. The molecule has 0 saturated heterocycles. The van der Waals surface area contributed by atoms with Gasteiger partial charge in [-0.25, -0.2) is 0 Å². The van der Waals surface area contributed by atoms with Gasteiger partial charge in [-0.2, -0.15) is 5.10 Å². The van der Waals surface area contributed by atoms with Crippen LogP contribution in [0.4, 0.5) is 11.4 Å². The van der Waals surface area contributed by atoms with Crippen LogP contribution in [0.15, 0.2) is 30.5 Å². The Bertz CT molecular complexity index is 739. The molecule has 1 aromatic carbocycles. The summed E-state index contributed by atoms with van der Waals surface area (Å²) in [6, 6.07) is 7.48. The van der Waals surface area contributed by atoms with Crippen molar-refractivity contribution in [2.75, 3.05) is 37.4 Å². The van der Waals surface area contributed by atoms with Crippen LogP contribution in [-0.4, -0.2) is 35.8 Å². The molecule has 0 amide bonds. The molecule has 0 bridgehead atoms. The lowest BCUT2D eigenvalue weighted by molar-refractivity contribution is 0.218. The molecule has 4 N–H and O–H groups in total. The van der Waals surface area contributed by atoms with E-state index in [4.69, 9.17) is 25.3 Å². The molecule has 0 radical (unpaired) electrons. The first-order chi connectivity index (χ1) is 13.8. The molecule has 29 heavy (non-hydrogen) atoms. The van der Waals surface area contributed by atoms with E-state index in [1.54, 1.807) is 24.7 Å². The van der Waals surface area contributed by atoms with Crippen LogP contribution >= 0.6 is 7.60 Å². The standard InChI is InChI=1S/C10H20N3O3P.C10H15NO/c1-4-15-17(14,16-5-2)7-6-13-9(3)10(11)8-12-13;1-2-3-8-12-10-6-4-9(11)5-7-10/h8H,4-7,11H2,1-3H3;4-7H,2-3,8,11H2,1H3. The second-order valence-electron chi connectivity index (χ2n) is 6.35. The molecule has 2 rings (SSSR count). The Morgan fingerprint density at radius 1 is 1.07 bits per heavy atom. The SMILES string of the molecule is CCCCOc1ccc(N)cc1.CCOP(=O)(CCn1ncc(N)c1C)OCC. The van der Waals surface area contributed by atoms with Crippen molar-refractivity contribution < 1.29 is 18.3 Å². The highest BCUT2D eigenvalue weighted by Gasteiger charge is 2.23. The minimum atomic E-state index is -3.00. The summed E-state index contributed by atoms with van der Waals surface area (Å²) in [4.78, 5) is 0. The summed E-state index contributed by atoms with van der Waals surface area (Å²) in [7, 11) is -3.00. The van der Waals surface area contributed by atoms with E-state index in [2.05, 4.69) is 12.0 Å². The fourth-order valence-corrected chi connectivity index (χ4v) is 3.92. The molecule has 0 unspecified atom stereocenters. The highest BCUT2D eigenvalue weighted by Crippen LogP contribution is 2.47. The summed E-state index contributed by atoms with van der Waals surface area (Å²) in [5, 5.41) is 4.10. The van der Waals surface area contributed by atoms with Crippen LogP contribution in [0.3, 0.4) is 0 Å². The molecule has 0 aliphatic heterocycles. The van der Waals surface area contributed by atoms with Gasteiger partial charge in [0.15, 0.2) is 0 Å². The number of aromatic nitrogens is 2. The van der Waals surface area contributed by atoms with Gasteiger partial charge < -0.3 is 25.3 Å². The summed E-state index contributed by atoms with van der Waals surface area (Å²) < 4.78 is 29.7. The Labute approximate surface area is 174 Å². The first kappa shape index (κ1) is 25.0. The van der Waals surface area contributed by atoms with E-state index in [9.17, 15) is 4.57 Å². The van der Waals surface area contributed by atoms with Crippen LogP contribution in [0, 0.1) is 6.92 Å². The van der Waals surface area contributed by atoms with Crippen molar-refractivity contribution in [2.45, 2.75) is 47.1 Å². The number of nitrogens with zero attached hydrogens (tertiary/aromatic N) is 2. The smallest absolute Gasteiger partial charge is 0.332 e. The molecule has 0 spiro atoms. The van der Waals surface area contributed by atoms with Gasteiger partial charge in [0.25, 0.3) is 0 Å². The number of anilines is 2. The monoisotopic (exact) mass is 426 g/mol. The molecule has 1 heterocycles. The van der Waals surface area contributed by atoms with E-state index in [1.807, 2.05) is 31.2 Å². The van der Waals surface area contributed by atoms with Gasteiger partial charge in [-0.05, 0) is 51.5 Å². The van der Waals surface area contributed by atoms with E-state index in [-0.39, 0.29) is 0 Å². The number of nitrogen functional groups attached to an aromatic ring is 2. The molecule has 1 aromatic heterocycles. The van der Waals surface area contributed by atoms with E-state index >= 15 is 0 Å². The maximum atomic E-state index is 12.2. The number of nitrogens with two attached hydrogens (primary N) is 2. The molecule has 0 fully saturated rings. The molecule has 2 aromatic rings. The first-order valence-corrected chi connectivity index (χ1v) is 11.7. The normalized spacial score (nSPS) is 11.0. The van der Waals surface area contributed by atoms with Gasteiger partial charge in [-0.3, -0.25) is 9.25 Å². The van der Waals surface area contributed by atoms with Gasteiger partial charge in [0.05, 0.1) is 50.1 Å². The average molecular weight is 426 g/mol. The Morgan fingerprint density at radius 2 is 1.69 bits per heavy atom. The van der Waals surface area contributed by atoms with Gasteiger partial charge >= 0.3 is 7.60 Å². The number of aryl methyl sites for hydroxylation is 1. The fraction of sp³-hybridized carbons (Fsp3) is 0.550. The van der Waals surface area contributed by atoms with Crippen LogP contribution in [0.1, 0.15) is 39.3 Å². The lowest BCUT2D eigenvalue weighted by atomic mass is 10.3. The summed E-state index contributed by atoms with van der Waals surface area (Å²) in [6.07, 6.45) is 4.15. The van der Waals surface area contributed by atoms with Crippen LogP contribution < -0.4 is 16.2 Å². The van der Waals surface area contributed by atoms with Gasteiger partial charge in [0, 0.05) is 5.69 Å². The second-order valence-corrected chi connectivity index (χ2v) is 8.53. The molecule has 0 atom stereocenters. The number of hydrogen-bond donors (Lipinski definition) is 2. The molecule has 0 aliphatic rings. The zero-order chi connectivity index (χ0) is 21.7. The van der Waals surface area contributed by atoms with Gasteiger partial charge in [0.1, 0.15) is 5.75 Å². The molecular weight excluding hydrogens is 391 g/mol. The highest BCUT2D eigenvalue weighted by atomic mass is 31.2. The van der Waals surface area contributed by atoms with Gasteiger partial charge in [-0.15, -0.1) is 0 Å². The number of rotatable bonds is 11. The van der Waals surface area contributed by atoms with Crippen LogP contribution in [0.25, 0.3) is 0 Å². The molecule has 0 saturated carbocycles. The highest BCUT2D eigenvalue weighted by molar-refractivity contribution is 7.53. The third-order valence-corrected chi connectivity index (χ3v) is 6.08. The van der Waals surface area contributed by atoms with Gasteiger partial charge in [-0.1, -0.05) is 13.3 Å². The van der Waals surface area contributed by atoms with Crippen molar-refractivity contribution in [1.82, 2.24) is 9.78 Å². The van der Waals surface area contributed by atoms with E-state index in [0.717, 1.165) is 36.6 Å².